The molecule has 0 saturated heterocycles. The average Bonchev–Trinajstić information content (AvgIpc) is 2.66. The van der Waals surface area contributed by atoms with Crippen molar-refractivity contribution in [2.45, 2.75) is 44.4 Å². The van der Waals surface area contributed by atoms with E-state index >= 15 is 0 Å². The minimum atomic E-state index is -0.172. The van der Waals surface area contributed by atoms with Crippen LogP contribution < -0.4 is 5.32 Å². The highest BCUT2D eigenvalue weighted by molar-refractivity contribution is 5.14. The molecule has 1 aromatic heterocycles. The van der Waals surface area contributed by atoms with Gasteiger partial charge >= 0.3 is 0 Å². The Morgan fingerprint density at radius 3 is 2.73 bits per heavy atom. The number of rotatable bonds is 3. The number of pyridine rings is 1. The molecule has 1 saturated carbocycles. The molecule has 82 valence electrons. The minimum Gasteiger partial charge on any atom is -0.392 e. The van der Waals surface area contributed by atoms with Crippen LogP contribution >= 0.6 is 0 Å². The van der Waals surface area contributed by atoms with Crippen molar-refractivity contribution < 1.29 is 5.11 Å². The van der Waals surface area contributed by atoms with Crippen LogP contribution in [0.25, 0.3) is 0 Å². The molecule has 0 bridgehead atoms. The fraction of sp³-hybridized carbons (Fsp3) is 0.583. The van der Waals surface area contributed by atoms with Crippen molar-refractivity contribution >= 4 is 0 Å². The highest BCUT2D eigenvalue weighted by Gasteiger charge is 2.26. The van der Waals surface area contributed by atoms with Crippen LogP contribution in [0, 0.1) is 0 Å². The lowest BCUT2D eigenvalue weighted by Gasteiger charge is -2.22. The Kier molecular flexibility index (Phi) is 3.34. The SMILES string of the molecule is C[C@@H](N[C@H]1CCC[C@@H]1O)c1ccncc1. The first-order chi connectivity index (χ1) is 7.27. The molecule has 1 fully saturated rings. The molecule has 0 aliphatic heterocycles. The molecule has 0 aromatic carbocycles. The van der Waals surface area contributed by atoms with E-state index < -0.39 is 0 Å². The van der Waals surface area contributed by atoms with Crippen molar-refractivity contribution in [3.8, 4) is 0 Å². The second-order valence-corrected chi connectivity index (χ2v) is 4.27. The summed E-state index contributed by atoms with van der Waals surface area (Å²) >= 11 is 0. The first-order valence-corrected chi connectivity index (χ1v) is 5.61. The molecule has 0 unspecified atom stereocenters. The maximum atomic E-state index is 9.71. The second-order valence-electron chi connectivity index (χ2n) is 4.27. The van der Waals surface area contributed by atoms with Crippen molar-refractivity contribution in [3.63, 3.8) is 0 Å². The van der Waals surface area contributed by atoms with Crippen LogP contribution in [0.15, 0.2) is 24.5 Å². The van der Waals surface area contributed by atoms with E-state index in [1.165, 1.54) is 5.56 Å². The summed E-state index contributed by atoms with van der Waals surface area (Å²) in [6, 6.07) is 4.57. The van der Waals surface area contributed by atoms with Gasteiger partial charge in [0.2, 0.25) is 0 Å². The van der Waals surface area contributed by atoms with Crippen LogP contribution in [0.2, 0.25) is 0 Å². The molecule has 2 rings (SSSR count). The largest absolute Gasteiger partial charge is 0.392 e. The number of nitrogens with zero attached hydrogens (tertiary/aromatic N) is 1. The topological polar surface area (TPSA) is 45.1 Å². The number of aliphatic hydroxyl groups is 1. The van der Waals surface area contributed by atoms with Crippen molar-refractivity contribution in [1.82, 2.24) is 10.3 Å². The summed E-state index contributed by atoms with van der Waals surface area (Å²) in [5, 5.41) is 13.2. The normalized spacial score (nSPS) is 27.9. The van der Waals surface area contributed by atoms with E-state index in [0.717, 1.165) is 19.3 Å². The van der Waals surface area contributed by atoms with Gasteiger partial charge in [-0.1, -0.05) is 0 Å². The highest BCUT2D eigenvalue weighted by Crippen LogP contribution is 2.22. The maximum absolute atomic E-state index is 9.71. The summed E-state index contributed by atoms with van der Waals surface area (Å²) in [4.78, 5) is 4.00. The van der Waals surface area contributed by atoms with E-state index in [1.807, 2.05) is 12.1 Å². The fourth-order valence-corrected chi connectivity index (χ4v) is 2.20. The van der Waals surface area contributed by atoms with Gasteiger partial charge in [-0.25, -0.2) is 0 Å². The van der Waals surface area contributed by atoms with Crippen molar-refractivity contribution in [3.05, 3.63) is 30.1 Å². The molecule has 1 aliphatic carbocycles. The van der Waals surface area contributed by atoms with Gasteiger partial charge in [0.25, 0.3) is 0 Å². The van der Waals surface area contributed by atoms with Crippen molar-refractivity contribution in [2.24, 2.45) is 0 Å². The van der Waals surface area contributed by atoms with Crippen LogP contribution in [0.3, 0.4) is 0 Å². The minimum absolute atomic E-state index is 0.172. The van der Waals surface area contributed by atoms with Gasteiger partial charge in [0.1, 0.15) is 0 Å². The maximum Gasteiger partial charge on any atom is 0.0693 e. The van der Waals surface area contributed by atoms with Crippen molar-refractivity contribution in [1.29, 1.82) is 0 Å². The van der Waals surface area contributed by atoms with Crippen LogP contribution in [0.1, 0.15) is 37.8 Å². The van der Waals surface area contributed by atoms with Gasteiger partial charge in [-0.2, -0.15) is 0 Å². The lowest BCUT2D eigenvalue weighted by molar-refractivity contribution is 0.144. The molecule has 3 nitrogen and oxygen atoms in total. The summed E-state index contributed by atoms with van der Waals surface area (Å²) in [6.07, 6.45) is 6.57. The molecule has 3 heteroatoms. The number of nitrogens with one attached hydrogen (secondary N) is 1. The van der Waals surface area contributed by atoms with Crippen LogP contribution in [0.4, 0.5) is 0 Å². The smallest absolute Gasteiger partial charge is 0.0693 e. The molecule has 1 heterocycles. The summed E-state index contributed by atoms with van der Waals surface area (Å²) in [7, 11) is 0. The van der Waals surface area contributed by atoms with Crippen molar-refractivity contribution in [2.75, 3.05) is 0 Å². The first kappa shape index (κ1) is 10.6. The second kappa shape index (κ2) is 4.73. The fourth-order valence-electron chi connectivity index (χ4n) is 2.20. The summed E-state index contributed by atoms with van der Waals surface area (Å²) in [5.41, 5.74) is 1.23. The van der Waals surface area contributed by atoms with Gasteiger partial charge in [0.05, 0.1) is 6.10 Å². The quantitative estimate of drug-likeness (QED) is 0.790. The summed E-state index contributed by atoms with van der Waals surface area (Å²) < 4.78 is 0. The zero-order valence-electron chi connectivity index (χ0n) is 9.06. The Morgan fingerprint density at radius 2 is 2.13 bits per heavy atom. The predicted molar refractivity (Wildman–Crippen MR) is 59.4 cm³/mol. The third kappa shape index (κ3) is 2.55. The number of hydrogen-bond donors (Lipinski definition) is 2. The van der Waals surface area contributed by atoms with Crippen LogP contribution in [0.5, 0.6) is 0 Å². The van der Waals surface area contributed by atoms with E-state index in [-0.39, 0.29) is 18.2 Å². The lowest BCUT2D eigenvalue weighted by Crippen LogP contribution is -2.37. The van der Waals surface area contributed by atoms with Gasteiger partial charge in [0, 0.05) is 24.5 Å². The Balaban J connectivity index is 1.95. The number of hydrogen-bond acceptors (Lipinski definition) is 3. The molecule has 1 aromatic rings. The first-order valence-electron chi connectivity index (χ1n) is 5.61. The Labute approximate surface area is 90.5 Å². The number of aliphatic hydroxyl groups excluding tert-OH is 1. The van der Waals surface area contributed by atoms with E-state index in [2.05, 4.69) is 17.2 Å². The van der Waals surface area contributed by atoms with E-state index in [0.29, 0.717) is 0 Å². The van der Waals surface area contributed by atoms with Gasteiger partial charge in [-0.15, -0.1) is 0 Å². The highest BCUT2D eigenvalue weighted by atomic mass is 16.3. The predicted octanol–water partition coefficient (Wildman–Crippen LogP) is 1.65. The third-order valence-electron chi connectivity index (χ3n) is 3.15. The third-order valence-corrected chi connectivity index (χ3v) is 3.15. The molecule has 3 atom stereocenters. The molecule has 0 spiro atoms. The molecule has 0 amide bonds. The lowest BCUT2D eigenvalue weighted by atomic mass is 10.1. The van der Waals surface area contributed by atoms with Gasteiger partial charge < -0.3 is 10.4 Å². The Bertz CT molecular complexity index is 302. The Morgan fingerprint density at radius 1 is 1.40 bits per heavy atom. The molecule has 0 radical (unpaired) electrons. The van der Waals surface area contributed by atoms with E-state index in [9.17, 15) is 5.11 Å². The monoisotopic (exact) mass is 206 g/mol. The van der Waals surface area contributed by atoms with Gasteiger partial charge in [0.15, 0.2) is 0 Å². The van der Waals surface area contributed by atoms with E-state index in [4.69, 9.17) is 0 Å². The average molecular weight is 206 g/mol. The van der Waals surface area contributed by atoms with Crippen LogP contribution in [-0.4, -0.2) is 22.2 Å². The van der Waals surface area contributed by atoms with Crippen LogP contribution in [-0.2, 0) is 0 Å². The molecular formula is C12H18N2O. The molecule has 1 aliphatic rings. The number of aromatic nitrogens is 1. The molecule has 2 N–H and O–H groups in total. The summed E-state index contributed by atoms with van der Waals surface area (Å²) in [6.45, 7) is 2.13. The van der Waals surface area contributed by atoms with E-state index in [1.54, 1.807) is 12.4 Å². The van der Waals surface area contributed by atoms with Gasteiger partial charge in [-0.05, 0) is 43.9 Å². The molecule has 15 heavy (non-hydrogen) atoms. The molecular weight excluding hydrogens is 188 g/mol. The zero-order valence-corrected chi connectivity index (χ0v) is 9.06. The zero-order chi connectivity index (χ0) is 10.7. The standard InChI is InChI=1S/C12H18N2O/c1-9(10-5-7-13-8-6-10)14-11-3-2-4-12(11)15/h5-9,11-12,14-15H,2-4H2,1H3/t9-,11+,12+/m1/s1. The Hall–Kier alpha value is -0.930. The van der Waals surface area contributed by atoms with Gasteiger partial charge in [-0.3, -0.25) is 4.98 Å². The summed E-state index contributed by atoms with van der Waals surface area (Å²) in [5.74, 6) is 0.